The van der Waals surface area contributed by atoms with Gasteiger partial charge in [0.15, 0.2) is 5.16 Å². The van der Waals surface area contributed by atoms with Crippen molar-refractivity contribution in [1.29, 1.82) is 0 Å². The molecule has 6 nitrogen and oxygen atoms in total. The number of H-pyrrole nitrogens is 1. The molecule has 1 aliphatic rings. The van der Waals surface area contributed by atoms with E-state index in [0.717, 1.165) is 11.3 Å². The minimum Gasteiger partial charge on any atom is -0.497 e. The second-order valence-corrected chi connectivity index (χ2v) is 5.71. The van der Waals surface area contributed by atoms with E-state index in [1.807, 2.05) is 30.5 Å². The van der Waals surface area contributed by atoms with E-state index in [-0.39, 0.29) is 23.8 Å². The number of carbonyl (C=O) groups excluding carboxylic acids is 1. The van der Waals surface area contributed by atoms with Crippen LogP contribution in [0.4, 0.5) is 5.82 Å². The van der Waals surface area contributed by atoms with Gasteiger partial charge >= 0.3 is 0 Å². The standard InChI is InChI=1S/C15H15N3O3S/c1-21-9-5-3-8(4-6-9)10-7-11(19)16-13-12(10)14(20)18-15(17-13)22-2/h3-6,10H,7H2,1-2H3,(H2,16,17,18,19,20)/t10-/m0/s1. The van der Waals surface area contributed by atoms with Gasteiger partial charge in [-0.2, -0.15) is 0 Å². The average Bonchev–Trinajstić information content (AvgIpc) is 2.53. The summed E-state index contributed by atoms with van der Waals surface area (Å²) in [4.78, 5) is 31.4. The molecule has 7 heteroatoms. The summed E-state index contributed by atoms with van der Waals surface area (Å²) in [5.41, 5.74) is 1.18. The average molecular weight is 317 g/mol. The molecule has 2 N–H and O–H groups in total. The largest absolute Gasteiger partial charge is 0.497 e. The van der Waals surface area contributed by atoms with Crippen molar-refractivity contribution in [3.63, 3.8) is 0 Å². The third kappa shape index (κ3) is 2.59. The van der Waals surface area contributed by atoms with Gasteiger partial charge in [-0.15, -0.1) is 0 Å². The van der Waals surface area contributed by atoms with E-state index in [1.165, 1.54) is 11.8 Å². The van der Waals surface area contributed by atoms with Gasteiger partial charge in [0.2, 0.25) is 5.91 Å². The molecule has 3 rings (SSSR count). The minimum atomic E-state index is -0.304. The zero-order valence-electron chi connectivity index (χ0n) is 12.2. The zero-order valence-corrected chi connectivity index (χ0v) is 13.0. The van der Waals surface area contributed by atoms with Crippen molar-refractivity contribution in [1.82, 2.24) is 9.97 Å². The molecule has 0 saturated heterocycles. The monoisotopic (exact) mass is 317 g/mol. The highest BCUT2D eigenvalue weighted by atomic mass is 32.2. The third-order valence-electron chi connectivity index (χ3n) is 3.64. The Morgan fingerprint density at radius 3 is 2.64 bits per heavy atom. The number of ether oxygens (including phenoxy) is 1. The Morgan fingerprint density at radius 1 is 1.27 bits per heavy atom. The number of benzene rings is 1. The van der Waals surface area contributed by atoms with Crippen LogP contribution in [0.1, 0.15) is 23.5 Å². The van der Waals surface area contributed by atoms with Crippen LogP contribution in [0.5, 0.6) is 5.75 Å². The molecule has 1 aromatic heterocycles. The first kappa shape index (κ1) is 14.6. The van der Waals surface area contributed by atoms with E-state index in [9.17, 15) is 9.59 Å². The van der Waals surface area contributed by atoms with Gasteiger partial charge in [0, 0.05) is 12.3 Å². The molecule has 0 aliphatic carbocycles. The molecule has 1 aromatic carbocycles. The van der Waals surface area contributed by atoms with Crippen molar-refractivity contribution in [3.8, 4) is 5.75 Å². The fourth-order valence-corrected chi connectivity index (χ4v) is 2.95. The number of amides is 1. The summed E-state index contributed by atoms with van der Waals surface area (Å²) in [6.07, 6.45) is 2.04. The first-order valence-electron chi connectivity index (χ1n) is 6.74. The molecule has 0 radical (unpaired) electrons. The van der Waals surface area contributed by atoms with E-state index in [0.29, 0.717) is 16.5 Å². The third-order valence-corrected chi connectivity index (χ3v) is 4.22. The topological polar surface area (TPSA) is 84.1 Å². The predicted octanol–water partition coefficient (Wildman–Crippen LogP) is 1.97. The molecule has 22 heavy (non-hydrogen) atoms. The molecule has 114 valence electrons. The fraction of sp³-hybridized carbons (Fsp3) is 0.267. The van der Waals surface area contributed by atoms with Gasteiger partial charge in [0.05, 0.1) is 12.7 Å². The Labute approximate surface area is 131 Å². The lowest BCUT2D eigenvalue weighted by atomic mass is 9.87. The van der Waals surface area contributed by atoms with Crippen LogP contribution in [0, 0.1) is 0 Å². The van der Waals surface area contributed by atoms with E-state index in [1.54, 1.807) is 7.11 Å². The summed E-state index contributed by atoms with van der Waals surface area (Å²) in [5.74, 6) is 0.638. The van der Waals surface area contributed by atoms with Crippen LogP contribution in [0.15, 0.2) is 34.2 Å². The normalized spacial score (nSPS) is 16.8. The number of carbonyl (C=O) groups is 1. The number of aromatic nitrogens is 2. The number of aromatic amines is 1. The molecule has 1 aliphatic heterocycles. The van der Waals surface area contributed by atoms with Gasteiger partial charge in [-0.1, -0.05) is 23.9 Å². The summed E-state index contributed by atoms with van der Waals surface area (Å²) in [5, 5.41) is 3.18. The summed E-state index contributed by atoms with van der Waals surface area (Å²) in [7, 11) is 1.59. The molecular formula is C15H15N3O3S. The number of hydrogen-bond donors (Lipinski definition) is 2. The van der Waals surface area contributed by atoms with Gasteiger partial charge in [-0.25, -0.2) is 4.98 Å². The first-order chi connectivity index (χ1) is 10.6. The lowest BCUT2D eigenvalue weighted by molar-refractivity contribution is -0.116. The molecule has 0 unspecified atom stereocenters. The van der Waals surface area contributed by atoms with Crippen molar-refractivity contribution in [3.05, 3.63) is 45.7 Å². The van der Waals surface area contributed by atoms with Crippen LogP contribution >= 0.6 is 11.8 Å². The smallest absolute Gasteiger partial charge is 0.257 e. The molecule has 0 spiro atoms. The summed E-state index contributed by atoms with van der Waals surface area (Å²) in [6.45, 7) is 0. The second kappa shape index (κ2) is 5.84. The van der Waals surface area contributed by atoms with E-state index in [2.05, 4.69) is 15.3 Å². The van der Waals surface area contributed by atoms with Crippen LogP contribution in [0.25, 0.3) is 0 Å². The minimum absolute atomic E-state index is 0.140. The number of methoxy groups -OCH3 is 1. The lowest BCUT2D eigenvalue weighted by Gasteiger charge is -2.24. The van der Waals surface area contributed by atoms with Crippen molar-refractivity contribution in [2.24, 2.45) is 0 Å². The summed E-state index contributed by atoms with van der Waals surface area (Å²) < 4.78 is 5.14. The molecule has 2 heterocycles. The van der Waals surface area contributed by atoms with Crippen LogP contribution in [0.3, 0.4) is 0 Å². The van der Waals surface area contributed by atoms with Gasteiger partial charge < -0.3 is 15.0 Å². The van der Waals surface area contributed by atoms with Crippen molar-refractivity contribution in [2.45, 2.75) is 17.5 Å². The highest BCUT2D eigenvalue weighted by molar-refractivity contribution is 7.98. The molecular weight excluding hydrogens is 302 g/mol. The number of nitrogens with zero attached hydrogens (tertiary/aromatic N) is 1. The van der Waals surface area contributed by atoms with Gasteiger partial charge in [0.1, 0.15) is 11.6 Å². The maximum absolute atomic E-state index is 12.4. The Kier molecular flexibility index (Phi) is 3.89. The lowest BCUT2D eigenvalue weighted by Crippen LogP contribution is -2.31. The van der Waals surface area contributed by atoms with E-state index >= 15 is 0 Å². The predicted molar refractivity (Wildman–Crippen MR) is 84.7 cm³/mol. The molecule has 1 amide bonds. The molecule has 1 atom stereocenters. The van der Waals surface area contributed by atoms with Crippen LogP contribution in [-0.2, 0) is 4.79 Å². The maximum atomic E-state index is 12.4. The SMILES string of the molecule is COc1ccc([C@@H]2CC(=O)Nc3nc(SC)[nH]c(=O)c32)cc1. The van der Waals surface area contributed by atoms with E-state index in [4.69, 9.17) is 4.74 Å². The summed E-state index contributed by atoms with van der Waals surface area (Å²) >= 11 is 1.32. The highest BCUT2D eigenvalue weighted by Gasteiger charge is 2.30. The Hall–Kier alpha value is -2.28. The highest BCUT2D eigenvalue weighted by Crippen LogP contribution is 2.34. The number of nitrogens with one attached hydrogen (secondary N) is 2. The number of hydrogen-bond acceptors (Lipinski definition) is 5. The molecule has 0 bridgehead atoms. The quantitative estimate of drug-likeness (QED) is 0.668. The Morgan fingerprint density at radius 2 is 2.00 bits per heavy atom. The van der Waals surface area contributed by atoms with Gasteiger partial charge in [-0.3, -0.25) is 9.59 Å². The van der Waals surface area contributed by atoms with Crippen molar-refractivity contribution < 1.29 is 9.53 Å². The number of thioether (sulfide) groups is 1. The molecule has 0 saturated carbocycles. The van der Waals surface area contributed by atoms with Crippen LogP contribution in [0.2, 0.25) is 0 Å². The van der Waals surface area contributed by atoms with E-state index < -0.39 is 0 Å². The summed E-state index contributed by atoms with van der Waals surface area (Å²) in [6, 6.07) is 7.38. The maximum Gasteiger partial charge on any atom is 0.257 e. The van der Waals surface area contributed by atoms with Crippen LogP contribution in [-0.4, -0.2) is 29.2 Å². The number of rotatable bonds is 3. The van der Waals surface area contributed by atoms with Gasteiger partial charge in [0.25, 0.3) is 5.56 Å². The fourth-order valence-electron chi connectivity index (χ4n) is 2.57. The van der Waals surface area contributed by atoms with Gasteiger partial charge in [-0.05, 0) is 24.0 Å². The molecule has 0 fully saturated rings. The first-order valence-corrected chi connectivity index (χ1v) is 7.97. The van der Waals surface area contributed by atoms with Crippen molar-refractivity contribution >= 4 is 23.5 Å². The Bertz CT molecular complexity index is 771. The van der Waals surface area contributed by atoms with Crippen LogP contribution < -0.4 is 15.6 Å². The number of fused-ring (bicyclic) bond motifs is 1. The molecule has 2 aromatic rings. The van der Waals surface area contributed by atoms with Crippen molar-refractivity contribution in [2.75, 3.05) is 18.7 Å². The number of anilines is 1. The Balaban J connectivity index is 2.10. The second-order valence-electron chi connectivity index (χ2n) is 4.92. The zero-order chi connectivity index (χ0) is 15.7.